The molecule has 1 heterocycles. The van der Waals surface area contributed by atoms with Crippen LogP contribution in [0.3, 0.4) is 0 Å². The van der Waals surface area contributed by atoms with Crippen LogP contribution in [0.15, 0.2) is 18.2 Å². The van der Waals surface area contributed by atoms with Crippen molar-refractivity contribution in [3.05, 3.63) is 29.6 Å². The van der Waals surface area contributed by atoms with Gasteiger partial charge in [-0.1, -0.05) is 12.5 Å². The number of hydrogen-bond acceptors (Lipinski definition) is 2. The Morgan fingerprint density at radius 1 is 1.35 bits per heavy atom. The SMILES string of the molecule is Cc1ccc2c(c1)nc(CC1(CN)CCC1)n2C1CC1. The molecule has 2 aromatic rings. The fourth-order valence-electron chi connectivity index (χ4n) is 3.59. The van der Waals surface area contributed by atoms with Gasteiger partial charge < -0.3 is 10.3 Å². The van der Waals surface area contributed by atoms with E-state index in [1.807, 2.05) is 0 Å². The summed E-state index contributed by atoms with van der Waals surface area (Å²) in [6.45, 7) is 2.95. The first-order valence-corrected chi connectivity index (χ1v) is 7.88. The molecule has 2 aliphatic rings. The van der Waals surface area contributed by atoms with Gasteiger partial charge in [0.1, 0.15) is 5.82 Å². The zero-order valence-electron chi connectivity index (χ0n) is 12.2. The maximum absolute atomic E-state index is 6.04. The highest BCUT2D eigenvalue weighted by Gasteiger charge is 2.38. The third kappa shape index (κ3) is 1.87. The van der Waals surface area contributed by atoms with Crippen molar-refractivity contribution in [1.29, 1.82) is 0 Å². The summed E-state index contributed by atoms with van der Waals surface area (Å²) in [5.74, 6) is 1.28. The van der Waals surface area contributed by atoms with Crippen LogP contribution in [-0.2, 0) is 6.42 Å². The van der Waals surface area contributed by atoms with Gasteiger partial charge in [-0.05, 0) is 62.3 Å². The van der Waals surface area contributed by atoms with Crippen molar-refractivity contribution in [3.8, 4) is 0 Å². The number of nitrogens with zero attached hydrogens (tertiary/aromatic N) is 2. The van der Waals surface area contributed by atoms with Gasteiger partial charge in [0, 0.05) is 12.5 Å². The lowest BCUT2D eigenvalue weighted by Crippen LogP contribution is -2.39. The maximum Gasteiger partial charge on any atom is 0.110 e. The second kappa shape index (κ2) is 4.32. The number of nitrogens with two attached hydrogens (primary N) is 1. The topological polar surface area (TPSA) is 43.8 Å². The number of rotatable bonds is 4. The average molecular weight is 269 g/mol. The molecular weight excluding hydrogens is 246 g/mol. The second-order valence-corrected chi connectivity index (χ2v) is 6.86. The molecule has 0 saturated heterocycles. The van der Waals surface area contributed by atoms with Crippen LogP contribution in [-0.4, -0.2) is 16.1 Å². The summed E-state index contributed by atoms with van der Waals surface area (Å²) in [4.78, 5) is 4.96. The molecule has 106 valence electrons. The van der Waals surface area contributed by atoms with E-state index in [1.165, 1.54) is 54.5 Å². The number of aromatic nitrogens is 2. The minimum Gasteiger partial charge on any atom is -0.330 e. The molecular formula is C17H23N3. The van der Waals surface area contributed by atoms with Crippen molar-refractivity contribution in [1.82, 2.24) is 9.55 Å². The summed E-state index contributed by atoms with van der Waals surface area (Å²) in [5, 5.41) is 0. The van der Waals surface area contributed by atoms with E-state index in [4.69, 9.17) is 10.7 Å². The van der Waals surface area contributed by atoms with E-state index in [9.17, 15) is 0 Å². The van der Waals surface area contributed by atoms with Crippen molar-refractivity contribution in [2.75, 3.05) is 6.54 Å². The van der Waals surface area contributed by atoms with Gasteiger partial charge >= 0.3 is 0 Å². The van der Waals surface area contributed by atoms with Gasteiger partial charge in [0.05, 0.1) is 11.0 Å². The Bertz CT molecular complexity index is 642. The Balaban J connectivity index is 1.79. The van der Waals surface area contributed by atoms with Crippen molar-refractivity contribution in [2.45, 2.75) is 51.5 Å². The highest BCUT2D eigenvalue weighted by molar-refractivity contribution is 5.77. The quantitative estimate of drug-likeness (QED) is 0.925. The third-order valence-electron chi connectivity index (χ3n) is 5.21. The molecule has 1 aromatic carbocycles. The van der Waals surface area contributed by atoms with Crippen LogP contribution < -0.4 is 5.73 Å². The van der Waals surface area contributed by atoms with Gasteiger partial charge in [-0.25, -0.2) is 4.98 Å². The van der Waals surface area contributed by atoms with Gasteiger partial charge in [0.25, 0.3) is 0 Å². The van der Waals surface area contributed by atoms with E-state index in [2.05, 4.69) is 29.7 Å². The summed E-state index contributed by atoms with van der Waals surface area (Å²) in [6.07, 6.45) is 7.56. The lowest BCUT2D eigenvalue weighted by atomic mass is 9.66. The average Bonchev–Trinajstić information content (AvgIpc) is 3.16. The maximum atomic E-state index is 6.04. The normalized spacial score (nSPS) is 21.1. The molecule has 0 unspecified atom stereocenters. The van der Waals surface area contributed by atoms with E-state index >= 15 is 0 Å². The lowest BCUT2D eigenvalue weighted by Gasteiger charge is -2.40. The molecule has 2 fully saturated rings. The van der Waals surface area contributed by atoms with Gasteiger partial charge in [0.15, 0.2) is 0 Å². The molecule has 2 aliphatic carbocycles. The van der Waals surface area contributed by atoms with Gasteiger partial charge in [-0.3, -0.25) is 0 Å². The van der Waals surface area contributed by atoms with Crippen LogP contribution in [0.2, 0.25) is 0 Å². The number of imidazole rings is 1. The van der Waals surface area contributed by atoms with E-state index in [1.54, 1.807) is 0 Å². The molecule has 3 nitrogen and oxygen atoms in total. The highest BCUT2D eigenvalue weighted by atomic mass is 15.1. The molecule has 20 heavy (non-hydrogen) atoms. The molecule has 0 bridgehead atoms. The van der Waals surface area contributed by atoms with Crippen molar-refractivity contribution >= 4 is 11.0 Å². The number of hydrogen-bond donors (Lipinski definition) is 1. The molecule has 2 saturated carbocycles. The van der Waals surface area contributed by atoms with Crippen molar-refractivity contribution < 1.29 is 0 Å². The molecule has 0 aliphatic heterocycles. The Hall–Kier alpha value is -1.35. The zero-order valence-corrected chi connectivity index (χ0v) is 12.2. The largest absolute Gasteiger partial charge is 0.330 e. The molecule has 0 radical (unpaired) electrons. The molecule has 3 heteroatoms. The van der Waals surface area contributed by atoms with Crippen LogP contribution >= 0.6 is 0 Å². The van der Waals surface area contributed by atoms with Crippen molar-refractivity contribution in [2.24, 2.45) is 11.1 Å². The Morgan fingerprint density at radius 3 is 2.75 bits per heavy atom. The summed E-state index contributed by atoms with van der Waals surface area (Å²) in [7, 11) is 0. The second-order valence-electron chi connectivity index (χ2n) is 6.86. The molecule has 2 N–H and O–H groups in total. The van der Waals surface area contributed by atoms with Crippen LogP contribution in [0.5, 0.6) is 0 Å². The number of fused-ring (bicyclic) bond motifs is 1. The molecule has 0 amide bonds. The molecule has 1 aromatic heterocycles. The van der Waals surface area contributed by atoms with E-state index in [-0.39, 0.29) is 0 Å². The smallest absolute Gasteiger partial charge is 0.110 e. The first kappa shape index (κ1) is 12.4. The minimum absolute atomic E-state index is 0.336. The van der Waals surface area contributed by atoms with E-state index < -0.39 is 0 Å². The Kier molecular flexibility index (Phi) is 2.68. The monoisotopic (exact) mass is 269 g/mol. The summed E-state index contributed by atoms with van der Waals surface area (Å²) < 4.78 is 2.50. The predicted molar refractivity (Wildman–Crippen MR) is 81.8 cm³/mol. The number of aryl methyl sites for hydroxylation is 1. The van der Waals surface area contributed by atoms with Gasteiger partial charge in [0.2, 0.25) is 0 Å². The van der Waals surface area contributed by atoms with Crippen LogP contribution in [0, 0.1) is 12.3 Å². The summed E-state index contributed by atoms with van der Waals surface area (Å²) in [6, 6.07) is 7.35. The first-order chi connectivity index (χ1) is 9.71. The first-order valence-electron chi connectivity index (χ1n) is 7.88. The van der Waals surface area contributed by atoms with Crippen molar-refractivity contribution in [3.63, 3.8) is 0 Å². The fourth-order valence-corrected chi connectivity index (χ4v) is 3.59. The minimum atomic E-state index is 0.336. The van der Waals surface area contributed by atoms with Gasteiger partial charge in [-0.15, -0.1) is 0 Å². The zero-order chi connectivity index (χ0) is 13.7. The van der Waals surface area contributed by atoms with Crippen LogP contribution in [0.1, 0.15) is 49.5 Å². The predicted octanol–water partition coefficient (Wildman–Crippen LogP) is 3.35. The Morgan fingerprint density at radius 2 is 2.15 bits per heavy atom. The highest BCUT2D eigenvalue weighted by Crippen LogP contribution is 2.45. The van der Waals surface area contributed by atoms with Crippen LogP contribution in [0.4, 0.5) is 0 Å². The number of benzene rings is 1. The lowest BCUT2D eigenvalue weighted by molar-refractivity contribution is 0.140. The Labute approximate surface area is 120 Å². The standard InChI is InChI=1S/C17H23N3/c1-12-3-6-15-14(9-12)19-16(20(15)13-4-5-13)10-17(11-18)7-2-8-17/h3,6,9,13H,2,4-5,7-8,10-11,18H2,1H3. The third-order valence-corrected chi connectivity index (χ3v) is 5.21. The summed E-state index contributed by atoms with van der Waals surface area (Å²) in [5.41, 5.74) is 10.2. The molecule has 0 atom stereocenters. The summed E-state index contributed by atoms with van der Waals surface area (Å²) >= 11 is 0. The van der Waals surface area contributed by atoms with E-state index in [0.29, 0.717) is 11.5 Å². The van der Waals surface area contributed by atoms with Gasteiger partial charge in [-0.2, -0.15) is 0 Å². The molecule has 4 rings (SSSR count). The fraction of sp³-hybridized carbons (Fsp3) is 0.588. The van der Waals surface area contributed by atoms with E-state index in [0.717, 1.165) is 13.0 Å². The molecule has 0 spiro atoms. The van der Waals surface area contributed by atoms with Crippen LogP contribution in [0.25, 0.3) is 11.0 Å².